The van der Waals surface area contributed by atoms with Gasteiger partial charge in [-0.2, -0.15) is 43.9 Å². The molecule has 0 aromatic carbocycles. The van der Waals surface area contributed by atoms with Crippen molar-refractivity contribution in [1.29, 1.82) is 0 Å². The largest absolute Gasteiger partial charge is 0.334 e. The Morgan fingerprint density at radius 3 is 0.500 bits per heavy atom. The van der Waals surface area contributed by atoms with Crippen molar-refractivity contribution in [2.45, 2.75) is 0 Å². The van der Waals surface area contributed by atoms with Crippen molar-refractivity contribution in [3.05, 3.63) is 37.0 Å². The number of rotatable bonds is 0. The van der Waals surface area contributed by atoms with E-state index < -0.39 is 30.4 Å². The van der Waals surface area contributed by atoms with Crippen molar-refractivity contribution in [3.63, 3.8) is 0 Å². The quantitative estimate of drug-likeness (QED) is 0.515. The van der Waals surface area contributed by atoms with Gasteiger partial charge in [-0.25, -0.2) is 0 Å². The summed E-state index contributed by atoms with van der Waals surface area (Å²) in [5.41, 5.74) is 0. The first-order chi connectivity index (χ1) is 7.02. The van der Waals surface area contributed by atoms with Crippen molar-refractivity contribution in [3.8, 4) is 0 Å². The van der Waals surface area contributed by atoms with Gasteiger partial charge in [0, 0.05) is 0 Å². The lowest BCUT2D eigenvalue weighted by Gasteiger charge is -1.69. The summed E-state index contributed by atoms with van der Waals surface area (Å²) in [7, 11) is 0. The van der Waals surface area contributed by atoms with Crippen molar-refractivity contribution in [2.24, 2.45) is 0 Å². The predicted octanol–water partition coefficient (Wildman–Crippen LogP) is 5.38. The van der Waals surface area contributed by atoms with E-state index in [0.717, 1.165) is 0 Å². The molecule has 0 aromatic heterocycles. The Labute approximate surface area is 82.2 Å². The van der Waals surface area contributed by atoms with Crippen LogP contribution < -0.4 is 0 Å². The van der Waals surface area contributed by atoms with Crippen LogP contribution in [0.1, 0.15) is 0 Å². The van der Waals surface area contributed by atoms with Gasteiger partial charge >= 0.3 is 24.3 Å². The van der Waals surface area contributed by atoms with Gasteiger partial charge in [0.25, 0.3) is 6.08 Å². The molecule has 0 fully saturated rings. The van der Waals surface area contributed by atoms with Gasteiger partial charge in [-0.05, 0) is 6.58 Å². The monoisotopic (exact) mass is 264 g/mol. The van der Waals surface area contributed by atoms with Crippen LogP contribution in [-0.2, 0) is 0 Å². The molecule has 0 nitrogen and oxygen atoms in total. The molecule has 0 bridgehead atoms. The highest BCUT2D eigenvalue weighted by molar-refractivity contribution is 4.77. The van der Waals surface area contributed by atoms with Crippen molar-refractivity contribution >= 4 is 0 Å². The van der Waals surface area contributed by atoms with Gasteiger partial charge in [0.2, 0.25) is 0 Å². The minimum atomic E-state index is -2.91. The smallest absolute Gasteiger partial charge is 0.174 e. The van der Waals surface area contributed by atoms with Crippen LogP contribution >= 0.6 is 0 Å². The van der Waals surface area contributed by atoms with Crippen LogP contribution in [0.5, 0.6) is 0 Å². The predicted molar refractivity (Wildman–Crippen MR) is 34.3 cm³/mol. The summed E-state index contributed by atoms with van der Waals surface area (Å²) in [6.45, 7) is 2.22. The molecule has 0 spiro atoms. The van der Waals surface area contributed by atoms with Crippen LogP contribution in [0.4, 0.5) is 43.9 Å². The van der Waals surface area contributed by atoms with Crippen LogP contribution in [0, 0.1) is 0 Å². The van der Waals surface area contributed by atoms with Crippen molar-refractivity contribution in [1.82, 2.24) is 0 Å². The van der Waals surface area contributed by atoms with Crippen LogP contribution in [-0.4, -0.2) is 0 Å². The summed E-state index contributed by atoms with van der Waals surface area (Å²) < 4.78 is 103. The normalized spacial score (nSPS) is 7.62. The van der Waals surface area contributed by atoms with E-state index >= 15 is 0 Å². The molecule has 0 saturated heterocycles. The zero-order chi connectivity index (χ0) is 13.9. The number of halogens is 10. The van der Waals surface area contributed by atoms with E-state index in [1.54, 1.807) is 0 Å². The third-order valence-corrected chi connectivity index (χ3v) is 0.286. The van der Waals surface area contributed by atoms with Crippen molar-refractivity contribution in [2.75, 3.05) is 0 Å². The maximum Gasteiger partial charge on any atom is 0.334 e. The lowest BCUT2D eigenvalue weighted by molar-refractivity contribution is 0.308. The van der Waals surface area contributed by atoms with Gasteiger partial charge in [-0.3, -0.25) is 0 Å². The highest BCUT2D eigenvalue weighted by Gasteiger charge is 1.98. The van der Waals surface area contributed by atoms with Crippen LogP contribution in [0.15, 0.2) is 37.0 Å². The maximum absolute atomic E-state index is 10.3. The third-order valence-electron chi connectivity index (χ3n) is 0.286. The minimum Gasteiger partial charge on any atom is -0.174 e. The Hall–Kier alpha value is -1.48. The highest BCUT2D eigenvalue weighted by Crippen LogP contribution is 2.08. The van der Waals surface area contributed by atoms with Gasteiger partial charge in [0.05, 0.1) is 0 Å². The van der Waals surface area contributed by atoms with E-state index in [9.17, 15) is 43.9 Å². The molecule has 16 heavy (non-hydrogen) atoms. The Kier molecular flexibility index (Phi) is 14.5. The van der Waals surface area contributed by atoms with Gasteiger partial charge < -0.3 is 0 Å². The minimum absolute atomic E-state index is 1.83. The fourth-order valence-electron chi connectivity index (χ4n) is 0. The Morgan fingerprint density at radius 1 is 0.438 bits per heavy atom. The Morgan fingerprint density at radius 2 is 0.500 bits per heavy atom. The summed E-state index contributed by atoms with van der Waals surface area (Å²) in [5, 5.41) is 0. The summed E-state index contributed by atoms with van der Waals surface area (Å²) in [6, 6.07) is 0. The summed E-state index contributed by atoms with van der Waals surface area (Å²) >= 11 is 0. The lowest BCUT2D eigenvalue weighted by Crippen LogP contribution is -1.56. The molecule has 0 N–H and O–H groups in total. The highest BCUT2D eigenvalue weighted by atomic mass is 19.3. The molecule has 0 radical (unpaired) electrons. The first-order valence-corrected chi connectivity index (χ1v) is 2.74. The van der Waals surface area contributed by atoms with Crippen LogP contribution in [0.2, 0.25) is 0 Å². The summed E-state index contributed by atoms with van der Waals surface area (Å²) in [6.07, 6.45) is -13.5. The molecule has 0 unspecified atom stereocenters. The first-order valence-electron chi connectivity index (χ1n) is 2.74. The van der Waals surface area contributed by atoms with E-state index in [-0.39, 0.29) is 0 Å². The lowest BCUT2D eigenvalue weighted by atomic mass is 11.1. The van der Waals surface area contributed by atoms with E-state index in [1.165, 1.54) is 0 Å². The molecule has 0 rings (SSSR count). The van der Waals surface area contributed by atoms with E-state index in [0.29, 0.717) is 0 Å². The molecule has 0 aliphatic carbocycles. The van der Waals surface area contributed by atoms with E-state index in [2.05, 4.69) is 6.58 Å². The summed E-state index contributed by atoms with van der Waals surface area (Å²) in [5.74, 6) is 0. The second-order valence-electron chi connectivity index (χ2n) is 1.38. The third kappa shape index (κ3) is 39.1. The average Bonchev–Trinajstić information content (AvgIpc) is 2.03. The summed E-state index contributed by atoms with van der Waals surface area (Å²) in [4.78, 5) is 0. The fourth-order valence-corrected chi connectivity index (χ4v) is 0. The number of hydrogen-bond donors (Lipinski definition) is 0. The molecule has 0 saturated carbocycles. The number of hydrogen-bond acceptors (Lipinski definition) is 0. The van der Waals surface area contributed by atoms with Crippen molar-refractivity contribution < 1.29 is 43.9 Å². The Bertz CT molecular complexity index is 202. The Balaban J connectivity index is -0.000000162. The molecule has 0 aliphatic rings. The van der Waals surface area contributed by atoms with Gasteiger partial charge in [0.1, 0.15) is 0 Å². The molecule has 96 valence electrons. The molecular formula is C6H2F10. The van der Waals surface area contributed by atoms with Crippen LogP contribution in [0.25, 0.3) is 0 Å². The van der Waals surface area contributed by atoms with Gasteiger partial charge in [-0.15, -0.1) is 0 Å². The molecule has 0 atom stereocenters. The maximum atomic E-state index is 10.3. The molecular weight excluding hydrogens is 262 g/mol. The molecule has 0 heterocycles. The first kappa shape index (κ1) is 20.0. The zero-order valence-electron chi connectivity index (χ0n) is 6.99. The standard InChI is InChI=1S/2C2F4.C2H2F2/c2*3-1(4)2(5)6;1-2(3)4/h;;1H2. The van der Waals surface area contributed by atoms with Crippen LogP contribution in [0.3, 0.4) is 0 Å². The van der Waals surface area contributed by atoms with Gasteiger partial charge in [0.15, 0.2) is 0 Å². The molecule has 0 aliphatic heterocycles. The SMILES string of the molecule is C=C(F)F.FC(F)=C(F)F.FC(F)=C(F)F. The van der Waals surface area contributed by atoms with E-state index in [4.69, 9.17) is 0 Å². The fraction of sp³-hybridized carbons (Fsp3) is 0. The average molecular weight is 264 g/mol. The molecule has 10 heteroatoms. The second-order valence-corrected chi connectivity index (χ2v) is 1.38. The molecule has 0 aromatic rings. The van der Waals surface area contributed by atoms with Gasteiger partial charge in [-0.1, -0.05) is 0 Å². The molecule has 0 amide bonds. The topological polar surface area (TPSA) is 0 Å². The zero-order valence-corrected chi connectivity index (χ0v) is 6.99. The second kappa shape index (κ2) is 11.6. The van der Waals surface area contributed by atoms with E-state index in [1.807, 2.05) is 0 Å².